The predicted molar refractivity (Wildman–Crippen MR) is 99.5 cm³/mol. The van der Waals surface area contributed by atoms with E-state index in [0.717, 1.165) is 37.9 Å². The number of hydrogen-bond acceptors (Lipinski definition) is 2. The van der Waals surface area contributed by atoms with Crippen molar-refractivity contribution in [3.05, 3.63) is 34.4 Å². The van der Waals surface area contributed by atoms with Gasteiger partial charge in [0.05, 0.1) is 6.42 Å². The van der Waals surface area contributed by atoms with E-state index in [4.69, 9.17) is 0 Å². The summed E-state index contributed by atoms with van der Waals surface area (Å²) in [7, 11) is 0. The molecule has 0 radical (unpaired) electrons. The van der Waals surface area contributed by atoms with Crippen LogP contribution in [0.1, 0.15) is 47.9 Å². The van der Waals surface area contributed by atoms with Crippen LogP contribution in [-0.2, 0) is 16.0 Å². The molecule has 4 nitrogen and oxygen atoms in total. The molecule has 0 atom stereocenters. The number of benzene rings is 1. The molecular weight excluding hydrogens is 312 g/mol. The van der Waals surface area contributed by atoms with Crippen LogP contribution in [0, 0.1) is 26.7 Å². The lowest BCUT2D eigenvalue weighted by molar-refractivity contribution is -0.138. The van der Waals surface area contributed by atoms with Gasteiger partial charge < -0.3 is 9.80 Å². The van der Waals surface area contributed by atoms with Crippen LogP contribution in [0.5, 0.6) is 0 Å². The van der Waals surface area contributed by atoms with Crippen molar-refractivity contribution >= 4 is 11.8 Å². The quantitative estimate of drug-likeness (QED) is 0.847. The molecule has 0 bridgehead atoms. The first-order chi connectivity index (χ1) is 12.0. The van der Waals surface area contributed by atoms with E-state index in [0.29, 0.717) is 25.4 Å². The van der Waals surface area contributed by atoms with Gasteiger partial charge in [-0.1, -0.05) is 24.1 Å². The monoisotopic (exact) mass is 342 g/mol. The zero-order chi connectivity index (χ0) is 18.0. The first kappa shape index (κ1) is 18.0. The molecule has 3 rings (SSSR count). The van der Waals surface area contributed by atoms with Crippen molar-refractivity contribution in [2.45, 2.75) is 52.9 Å². The summed E-state index contributed by atoms with van der Waals surface area (Å²) in [6.07, 6.45) is 4.63. The summed E-state index contributed by atoms with van der Waals surface area (Å²) < 4.78 is 0. The van der Waals surface area contributed by atoms with Crippen molar-refractivity contribution in [1.82, 2.24) is 9.80 Å². The molecule has 1 heterocycles. The van der Waals surface area contributed by atoms with Crippen molar-refractivity contribution in [2.24, 2.45) is 5.92 Å². The maximum absolute atomic E-state index is 12.8. The highest BCUT2D eigenvalue weighted by atomic mass is 16.2. The van der Waals surface area contributed by atoms with Crippen LogP contribution >= 0.6 is 0 Å². The fourth-order valence-electron chi connectivity index (χ4n) is 4.05. The van der Waals surface area contributed by atoms with Gasteiger partial charge in [0, 0.05) is 32.1 Å². The zero-order valence-electron chi connectivity index (χ0n) is 15.8. The molecule has 0 spiro atoms. The predicted octanol–water partition coefficient (Wildman–Crippen LogP) is 3.02. The summed E-state index contributed by atoms with van der Waals surface area (Å²) in [6.45, 7) is 9.18. The number of rotatable bonds is 3. The van der Waals surface area contributed by atoms with Crippen molar-refractivity contribution < 1.29 is 9.59 Å². The molecule has 1 saturated heterocycles. The fourth-order valence-corrected chi connectivity index (χ4v) is 4.05. The SMILES string of the molecule is Cc1cc(C)c(CC(=O)N2CCCN(C(=O)C3CCC3)CC2)c(C)c1. The maximum Gasteiger partial charge on any atom is 0.227 e. The van der Waals surface area contributed by atoms with Gasteiger partial charge >= 0.3 is 0 Å². The average molecular weight is 342 g/mol. The summed E-state index contributed by atoms with van der Waals surface area (Å²) in [5.41, 5.74) is 4.79. The van der Waals surface area contributed by atoms with E-state index < -0.39 is 0 Å². The van der Waals surface area contributed by atoms with Crippen LogP contribution < -0.4 is 0 Å². The highest BCUT2D eigenvalue weighted by molar-refractivity contribution is 5.81. The first-order valence-corrected chi connectivity index (χ1v) is 9.59. The molecule has 0 aromatic heterocycles. The van der Waals surface area contributed by atoms with Gasteiger partial charge in [0.15, 0.2) is 0 Å². The molecule has 2 aliphatic rings. The molecule has 1 saturated carbocycles. The second-order valence-electron chi connectivity index (χ2n) is 7.74. The molecule has 0 N–H and O–H groups in total. The van der Waals surface area contributed by atoms with Crippen molar-refractivity contribution in [1.29, 1.82) is 0 Å². The van der Waals surface area contributed by atoms with E-state index in [-0.39, 0.29) is 11.8 Å². The van der Waals surface area contributed by atoms with Gasteiger partial charge in [-0.2, -0.15) is 0 Å². The van der Waals surface area contributed by atoms with Crippen molar-refractivity contribution in [3.63, 3.8) is 0 Å². The van der Waals surface area contributed by atoms with Crippen LogP contribution in [0.25, 0.3) is 0 Å². The van der Waals surface area contributed by atoms with Gasteiger partial charge in [0.1, 0.15) is 0 Å². The third kappa shape index (κ3) is 4.05. The van der Waals surface area contributed by atoms with E-state index >= 15 is 0 Å². The van der Waals surface area contributed by atoms with Crippen LogP contribution in [0.4, 0.5) is 0 Å². The number of nitrogens with zero attached hydrogens (tertiary/aromatic N) is 2. The Balaban J connectivity index is 1.60. The molecule has 2 amide bonds. The summed E-state index contributed by atoms with van der Waals surface area (Å²) in [5, 5.41) is 0. The Kier molecular flexibility index (Phi) is 5.45. The molecule has 2 fully saturated rings. The second-order valence-corrected chi connectivity index (χ2v) is 7.74. The molecule has 25 heavy (non-hydrogen) atoms. The Bertz CT molecular complexity index is 641. The van der Waals surface area contributed by atoms with Gasteiger partial charge in [-0.3, -0.25) is 9.59 Å². The molecule has 4 heteroatoms. The van der Waals surface area contributed by atoms with Gasteiger partial charge in [-0.15, -0.1) is 0 Å². The Labute approximate surface area is 151 Å². The Morgan fingerprint density at radius 1 is 0.920 bits per heavy atom. The normalized spacial score (nSPS) is 18.7. The molecule has 1 aliphatic carbocycles. The Morgan fingerprint density at radius 2 is 1.52 bits per heavy atom. The van der Waals surface area contributed by atoms with E-state index in [1.54, 1.807) is 0 Å². The lowest BCUT2D eigenvalue weighted by atomic mass is 9.84. The third-order valence-corrected chi connectivity index (χ3v) is 5.78. The smallest absolute Gasteiger partial charge is 0.227 e. The highest BCUT2D eigenvalue weighted by Gasteiger charge is 2.31. The van der Waals surface area contributed by atoms with Crippen LogP contribution in [0.3, 0.4) is 0 Å². The summed E-state index contributed by atoms with van der Waals surface area (Å²) in [5.74, 6) is 0.749. The number of amides is 2. The van der Waals surface area contributed by atoms with Crippen molar-refractivity contribution in [2.75, 3.05) is 26.2 Å². The number of hydrogen-bond donors (Lipinski definition) is 0. The van der Waals surface area contributed by atoms with Gasteiger partial charge in [0.2, 0.25) is 11.8 Å². The summed E-state index contributed by atoms with van der Waals surface area (Å²) >= 11 is 0. The van der Waals surface area contributed by atoms with E-state index in [9.17, 15) is 9.59 Å². The Morgan fingerprint density at radius 3 is 2.12 bits per heavy atom. The standard InChI is InChI=1S/C21H30N2O2/c1-15-12-16(2)19(17(3)13-15)14-20(24)22-8-5-9-23(11-10-22)21(25)18-6-4-7-18/h12-13,18H,4-11,14H2,1-3H3. The second kappa shape index (κ2) is 7.59. The highest BCUT2D eigenvalue weighted by Crippen LogP contribution is 2.28. The van der Waals surface area contributed by atoms with Gasteiger partial charge in [0.25, 0.3) is 0 Å². The minimum absolute atomic E-state index is 0.188. The lowest BCUT2D eigenvalue weighted by Crippen LogP contribution is -2.42. The molecule has 1 aromatic carbocycles. The van der Waals surface area contributed by atoms with E-state index in [1.165, 1.54) is 23.1 Å². The Hall–Kier alpha value is -1.84. The molecular formula is C21H30N2O2. The third-order valence-electron chi connectivity index (χ3n) is 5.78. The minimum Gasteiger partial charge on any atom is -0.341 e. The number of carbonyl (C=O) groups is 2. The fraction of sp³-hybridized carbons (Fsp3) is 0.619. The molecule has 1 aliphatic heterocycles. The summed E-state index contributed by atoms with van der Waals surface area (Å²) in [4.78, 5) is 29.2. The lowest BCUT2D eigenvalue weighted by Gasteiger charge is -2.31. The largest absolute Gasteiger partial charge is 0.341 e. The van der Waals surface area contributed by atoms with Crippen LogP contribution in [0.2, 0.25) is 0 Å². The van der Waals surface area contributed by atoms with Gasteiger partial charge in [-0.05, 0) is 56.7 Å². The summed E-state index contributed by atoms with van der Waals surface area (Å²) in [6, 6.07) is 4.30. The topological polar surface area (TPSA) is 40.6 Å². The molecule has 136 valence electrons. The first-order valence-electron chi connectivity index (χ1n) is 9.59. The molecule has 1 aromatic rings. The average Bonchev–Trinajstić information content (AvgIpc) is 2.75. The van der Waals surface area contributed by atoms with Crippen LogP contribution in [-0.4, -0.2) is 47.8 Å². The van der Waals surface area contributed by atoms with Crippen molar-refractivity contribution in [3.8, 4) is 0 Å². The van der Waals surface area contributed by atoms with E-state index in [1.807, 2.05) is 9.80 Å². The van der Waals surface area contributed by atoms with Gasteiger partial charge in [-0.25, -0.2) is 0 Å². The number of aryl methyl sites for hydroxylation is 3. The van der Waals surface area contributed by atoms with E-state index in [2.05, 4.69) is 32.9 Å². The number of carbonyl (C=O) groups excluding carboxylic acids is 2. The minimum atomic E-state index is 0.188. The maximum atomic E-state index is 12.8. The molecule has 0 unspecified atom stereocenters. The zero-order valence-corrected chi connectivity index (χ0v) is 15.8. The van der Waals surface area contributed by atoms with Crippen LogP contribution in [0.15, 0.2) is 12.1 Å².